The van der Waals surface area contributed by atoms with Gasteiger partial charge in [-0.2, -0.15) is 0 Å². The first-order chi connectivity index (χ1) is 11.6. The summed E-state index contributed by atoms with van der Waals surface area (Å²) >= 11 is 0. The Balaban J connectivity index is 1.67. The lowest BCUT2D eigenvalue weighted by atomic mass is 10.2. The second-order valence-corrected chi connectivity index (χ2v) is 5.42. The van der Waals surface area contributed by atoms with Crippen molar-refractivity contribution >= 4 is 22.8 Å². The molecule has 1 N–H and O–H groups in total. The van der Waals surface area contributed by atoms with Crippen molar-refractivity contribution in [2.45, 2.75) is 19.1 Å². The van der Waals surface area contributed by atoms with Gasteiger partial charge >= 0.3 is 5.97 Å². The SMILES string of the molecule is O=C(O)[C@H]1CN(C(=O)CCn2nnc3ccccc3c2=O)CCO1. The molecule has 0 unspecified atom stereocenters. The number of aliphatic carboxylic acids is 1. The maximum atomic E-state index is 12.3. The number of ether oxygens (including phenoxy) is 1. The van der Waals surface area contributed by atoms with Crippen molar-refractivity contribution in [2.24, 2.45) is 0 Å². The van der Waals surface area contributed by atoms with Crippen LogP contribution >= 0.6 is 0 Å². The van der Waals surface area contributed by atoms with Gasteiger partial charge in [0.25, 0.3) is 5.56 Å². The number of benzene rings is 1. The summed E-state index contributed by atoms with van der Waals surface area (Å²) in [7, 11) is 0. The molecule has 2 aromatic rings. The van der Waals surface area contributed by atoms with Crippen molar-refractivity contribution in [1.82, 2.24) is 19.9 Å². The van der Waals surface area contributed by atoms with Gasteiger partial charge in [-0.15, -0.1) is 5.10 Å². The maximum absolute atomic E-state index is 12.3. The zero-order valence-electron chi connectivity index (χ0n) is 12.8. The van der Waals surface area contributed by atoms with E-state index in [1.807, 2.05) is 0 Å². The quantitative estimate of drug-likeness (QED) is 0.802. The Morgan fingerprint density at radius 2 is 2.12 bits per heavy atom. The number of carboxylic acids is 1. The van der Waals surface area contributed by atoms with Gasteiger partial charge in [0.1, 0.15) is 5.52 Å². The van der Waals surface area contributed by atoms with Crippen LogP contribution in [-0.2, 0) is 20.9 Å². The molecule has 0 radical (unpaired) electrons. The minimum atomic E-state index is -1.09. The number of aryl methyl sites for hydroxylation is 1. The van der Waals surface area contributed by atoms with Crippen LogP contribution in [0.1, 0.15) is 6.42 Å². The van der Waals surface area contributed by atoms with E-state index in [-0.39, 0.29) is 37.6 Å². The molecular formula is C15H16N4O5. The number of morpholine rings is 1. The predicted molar refractivity (Wildman–Crippen MR) is 82.4 cm³/mol. The van der Waals surface area contributed by atoms with E-state index in [0.29, 0.717) is 17.4 Å². The Labute approximate surface area is 136 Å². The molecule has 0 spiro atoms. The van der Waals surface area contributed by atoms with Gasteiger partial charge in [-0.25, -0.2) is 9.48 Å². The number of carboxylic acid groups (broad SMARTS) is 1. The number of nitrogens with zero attached hydrogens (tertiary/aromatic N) is 4. The average molecular weight is 332 g/mol. The third-order valence-electron chi connectivity index (χ3n) is 3.86. The van der Waals surface area contributed by atoms with Gasteiger partial charge in [0, 0.05) is 13.0 Å². The zero-order valence-corrected chi connectivity index (χ0v) is 12.8. The summed E-state index contributed by atoms with van der Waals surface area (Å²) in [6.07, 6.45) is -0.968. The first-order valence-corrected chi connectivity index (χ1v) is 7.51. The van der Waals surface area contributed by atoms with Crippen molar-refractivity contribution in [3.63, 3.8) is 0 Å². The van der Waals surface area contributed by atoms with E-state index >= 15 is 0 Å². The summed E-state index contributed by atoms with van der Waals surface area (Å²) in [5, 5.41) is 17.2. The summed E-state index contributed by atoms with van der Waals surface area (Å²) in [6, 6.07) is 6.85. The first-order valence-electron chi connectivity index (χ1n) is 7.51. The van der Waals surface area contributed by atoms with Crippen LogP contribution in [0.3, 0.4) is 0 Å². The second kappa shape index (κ2) is 6.75. The van der Waals surface area contributed by atoms with E-state index in [0.717, 1.165) is 4.68 Å². The Kier molecular flexibility index (Phi) is 4.52. The van der Waals surface area contributed by atoms with Crippen LogP contribution in [0, 0.1) is 0 Å². The van der Waals surface area contributed by atoms with E-state index in [4.69, 9.17) is 9.84 Å². The average Bonchev–Trinajstić information content (AvgIpc) is 2.61. The number of aromatic nitrogens is 3. The summed E-state index contributed by atoms with van der Waals surface area (Å²) in [6.45, 7) is 0.608. The molecule has 1 aromatic carbocycles. The fourth-order valence-corrected chi connectivity index (χ4v) is 2.55. The number of amides is 1. The molecule has 1 saturated heterocycles. The Hall–Kier alpha value is -2.81. The summed E-state index contributed by atoms with van der Waals surface area (Å²) in [4.78, 5) is 36.9. The van der Waals surface area contributed by atoms with Gasteiger partial charge in [0.05, 0.1) is 25.1 Å². The molecule has 1 fully saturated rings. The van der Waals surface area contributed by atoms with Crippen LogP contribution in [0.25, 0.3) is 10.9 Å². The molecule has 9 nitrogen and oxygen atoms in total. The van der Waals surface area contributed by atoms with Gasteiger partial charge in [-0.1, -0.05) is 17.3 Å². The highest BCUT2D eigenvalue weighted by Crippen LogP contribution is 2.08. The first kappa shape index (κ1) is 16.1. The number of hydrogen-bond donors (Lipinski definition) is 1. The highest BCUT2D eigenvalue weighted by molar-refractivity contribution is 5.79. The zero-order chi connectivity index (χ0) is 17.1. The van der Waals surface area contributed by atoms with Crippen LogP contribution in [-0.4, -0.2) is 62.7 Å². The fourth-order valence-electron chi connectivity index (χ4n) is 2.55. The summed E-state index contributed by atoms with van der Waals surface area (Å²) in [5.41, 5.74) is 0.196. The lowest BCUT2D eigenvalue weighted by Crippen LogP contribution is -2.48. The van der Waals surface area contributed by atoms with Gasteiger partial charge in [0.15, 0.2) is 6.10 Å². The number of fused-ring (bicyclic) bond motifs is 1. The van der Waals surface area contributed by atoms with Crippen LogP contribution < -0.4 is 5.56 Å². The number of carbonyl (C=O) groups excluding carboxylic acids is 1. The van der Waals surface area contributed by atoms with Gasteiger partial charge in [-0.05, 0) is 12.1 Å². The third kappa shape index (κ3) is 3.25. The topological polar surface area (TPSA) is 115 Å². The lowest BCUT2D eigenvalue weighted by Gasteiger charge is -2.30. The van der Waals surface area contributed by atoms with Crippen LogP contribution in [0.2, 0.25) is 0 Å². The molecule has 126 valence electrons. The van der Waals surface area contributed by atoms with Gasteiger partial charge < -0.3 is 14.7 Å². The molecule has 0 aliphatic carbocycles. The Morgan fingerprint density at radius 1 is 1.33 bits per heavy atom. The van der Waals surface area contributed by atoms with E-state index < -0.39 is 12.1 Å². The van der Waals surface area contributed by atoms with Crippen molar-refractivity contribution in [1.29, 1.82) is 0 Å². The molecule has 1 aliphatic heterocycles. The van der Waals surface area contributed by atoms with E-state index in [2.05, 4.69) is 10.3 Å². The van der Waals surface area contributed by atoms with E-state index in [9.17, 15) is 14.4 Å². The molecule has 9 heteroatoms. The highest BCUT2D eigenvalue weighted by atomic mass is 16.5. The van der Waals surface area contributed by atoms with Gasteiger partial charge in [-0.3, -0.25) is 9.59 Å². The molecule has 3 rings (SSSR count). The maximum Gasteiger partial charge on any atom is 0.334 e. The van der Waals surface area contributed by atoms with Crippen LogP contribution in [0.5, 0.6) is 0 Å². The number of carbonyl (C=O) groups is 2. The normalized spacial score (nSPS) is 17.8. The standard InChI is InChI=1S/C15H16N4O5/c20-13(18-7-8-24-12(9-18)15(22)23)5-6-19-14(21)10-3-1-2-4-11(10)16-17-19/h1-4,12H,5-9H2,(H,22,23)/t12-/m1/s1. The largest absolute Gasteiger partial charge is 0.479 e. The summed E-state index contributed by atoms with van der Waals surface area (Å²) in [5.74, 6) is -1.34. The molecule has 1 aromatic heterocycles. The van der Waals surface area contributed by atoms with E-state index in [1.54, 1.807) is 24.3 Å². The molecule has 1 amide bonds. The smallest absolute Gasteiger partial charge is 0.334 e. The van der Waals surface area contributed by atoms with Crippen molar-refractivity contribution in [3.8, 4) is 0 Å². The summed E-state index contributed by atoms with van der Waals surface area (Å²) < 4.78 is 6.23. The fraction of sp³-hybridized carbons (Fsp3) is 0.400. The van der Waals surface area contributed by atoms with E-state index in [1.165, 1.54) is 4.90 Å². The van der Waals surface area contributed by atoms with Crippen LogP contribution in [0.15, 0.2) is 29.1 Å². The highest BCUT2D eigenvalue weighted by Gasteiger charge is 2.28. The Bertz CT molecular complexity index is 834. The molecule has 0 bridgehead atoms. The number of hydrogen-bond acceptors (Lipinski definition) is 6. The lowest BCUT2D eigenvalue weighted by molar-refractivity contribution is -0.159. The van der Waals surface area contributed by atoms with Crippen LogP contribution in [0.4, 0.5) is 0 Å². The second-order valence-electron chi connectivity index (χ2n) is 5.42. The van der Waals surface area contributed by atoms with Crippen molar-refractivity contribution in [3.05, 3.63) is 34.6 Å². The van der Waals surface area contributed by atoms with Crippen molar-refractivity contribution < 1.29 is 19.4 Å². The van der Waals surface area contributed by atoms with Crippen molar-refractivity contribution in [2.75, 3.05) is 19.7 Å². The molecule has 1 atom stereocenters. The monoisotopic (exact) mass is 332 g/mol. The molecule has 24 heavy (non-hydrogen) atoms. The predicted octanol–water partition coefficient (Wildman–Crippen LogP) is -0.506. The molecular weight excluding hydrogens is 316 g/mol. The molecule has 1 aliphatic rings. The third-order valence-corrected chi connectivity index (χ3v) is 3.86. The minimum absolute atomic E-state index is 0.00641. The molecule has 2 heterocycles. The van der Waals surface area contributed by atoms with Gasteiger partial charge in [0.2, 0.25) is 5.91 Å². The number of rotatable bonds is 4. The molecule has 0 saturated carbocycles. The minimum Gasteiger partial charge on any atom is -0.479 e. The Morgan fingerprint density at radius 3 is 2.92 bits per heavy atom.